The molecular formula is C18H28N2O. The Hall–Kier alpha value is -1.35. The third kappa shape index (κ3) is 3.29. The molecule has 1 amide bonds. The molecule has 21 heavy (non-hydrogen) atoms. The van der Waals surface area contributed by atoms with Crippen molar-refractivity contribution in [1.82, 2.24) is 5.32 Å². The normalized spacial score (nSPS) is 17.7. The molecular weight excluding hydrogens is 260 g/mol. The topological polar surface area (TPSA) is 41.1 Å². The van der Waals surface area contributed by atoms with Crippen LogP contribution in [0.4, 0.5) is 5.69 Å². The number of anilines is 1. The van der Waals surface area contributed by atoms with Crippen LogP contribution in [0.5, 0.6) is 0 Å². The molecule has 116 valence electrons. The second-order valence-corrected chi connectivity index (χ2v) is 7.02. The fourth-order valence-electron chi connectivity index (χ4n) is 2.93. The van der Waals surface area contributed by atoms with Gasteiger partial charge in [0, 0.05) is 11.7 Å². The summed E-state index contributed by atoms with van der Waals surface area (Å²) in [4.78, 5) is 12.1. The number of hydrogen-bond donors (Lipinski definition) is 2. The summed E-state index contributed by atoms with van der Waals surface area (Å²) in [6.45, 7) is 11.7. The smallest absolute Gasteiger partial charge is 0.234 e. The lowest BCUT2D eigenvalue weighted by Crippen LogP contribution is -2.27. The van der Waals surface area contributed by atoms with E-state index >= 15 is 0 Å². The number of carbonyl (C=O) groups is 1. The Labute approximate surface area is 128 Å². The molecule has 0 fully saturated rings. The van der Waals surface area contributed by atoms with Crippen LogP contribution in [0.2, 0.25) is 0 Å². The predicted molar refractivity (Wildman–Crippen MR) is 88.6 cm³/mol. The van der Waals surface area contributed by atoms with Gasteiger partial charge in [0.2, 0.25) is 5.91 Å². The molecule has 1 aromatic rings. The summed E-state index contributed by atoms with van der Waals surface area (Å²) in [6, 6.07) is 6.78. The summed E-state index contributed by atoms with van der Waals surface area (Å²) in [5.74, 6) is 0.733. The molecule has 3 nitrogen and oxygen atoms in total. The van der Waals surface area contributed by atoms with Crippen molar-refractivity contribution in [3.63, 3.8) is 0 Å². The standard InChI is InChI=1S/C18H28N2O/c1-6-9-19-16(10-12(2)3)13-7-8-15-14(11-13)18(4,5)17(21)20-15/h7-8,11-12,16,19H,6,9-10H2,1-5H3,(H,20,21). The fraction of sp³-hybridized carbons (Fsp3) is 0.611. The lowest BCUT2D eigenvalue weighted by atomic mass is 9.84. The highest BCUT2D eigenvalue weighted by Crippen LogP contribution is 2.39. The zero-order valence-corrected chi connectivity index (χ0v) is 13.9. The summed E-state index contributed by atoms with van der Waals surface area (Å²) < 4.78 is 0. The third-order valence-corrected chi connectivity index (χ3v) is 4.28. The van der Waals surface area contributed by atoms with Crippen LogP contribution in [0, 0.1) is 5.92 Å². The molecule has 1 aromatic carbocycles. The Balaban J connectivity index is 2.31. The van der Waals surface area contributed by atoms with Crippen LogP contribution in [-0.4, -0.2) is 12.5 Å². The molecule has 0 saturated heterocycles. The first-order chi connectivity index (χ1) is 9.86. The zero-order chi connectivity index (χ0) is 15.6. The van der Waals surface area contributed by atoms with Gasteiger partial charge in [-0.3, -0.25) is 4.79 Å². The number of amides is 1. The third-order valence-electron chi connectivity index (χ3n) is 4.28. The van der Waals surface area contributed by atoms with Crippen LogP contribution < -0.4 is 10.6 Å². The van der Waals surface area contributed by atoms with Gasteiger partial charge in [0.15, 0.2) is 0 Å². The summed E-state index contributed by atoms with van der Waals surface area (Å²) in [5.41, 5.74) is 2.95. The van der Waals surface area contributed by atoms with E-state index in [1.54, 1.807) is 0 Å². The van der Waals surface area contributed by atoms with Gasteiger partial charge in [-0.1, -0.05) is 32.9 Å². The second kappa shape index (κ2) is 6.18. The Morgan fingerprint density at radius 2 is 2.00 bits per heavy atom. The first-order valence-corrected chi connectivity index (χ1v) is 8.05. The molecule has 1 aliphatic rings. The van der Waals surface area contributed by atoms with Gasteiger partial charge < -0.3 is 10.6 Å². The zero-order valence-electron chi connectivity index (χ0n) is 13.9. The first kappa shape index (κ1) is 16.0. The van der Waals surface area contributed by atoms with Gasteiger partial charge in [0.1, 0.15) is 0 Å². The molecule has 2 rings (SSSR count). The van der Waals surface area contributed by atoms with Crippen molar-refractivity contribution in [1.29, 1.82) is 0 Å². The largest absolute Gasteiger partial charge is 0.325 e. The van der Waals surface area contributed by atoms with Gasteiger partial charge in [0.05, 0.1) is 5.41 Å². The van der Waals surface area contributed by atoms with Gasteiger partial charge in [-0.15, -0.1) is 0 Å². The van der Waals surface area contributed by atoms with Crippen LogP contribution in [0.25, 0.3) is 0 Å². The first-order valence-electron chi connectivity index (χ1n) is 8.05. The number of carbonyl (C=O) groups excluding carboxylic acids is 1. The quantitative estimate of drug-likeness (QED) is 0.830. The minimum Gasteiger partial charge on any atom is -0.325 e. The van der Waals surface area contributed by atoms with Crippen LogP contribution in [0.1, 0.15) is 64.6 Å². The number of rotatable bonds is 6. The minimum absolute atomic E-state index is 0.0941. The number of hydrogen-bond acceptors (Lipinski definition) is 2. The number of nitrogens with one attached hydrogen (secondary N) is 2. The lowest BCUT2D eigenvalue weighted by Gasteiger charge is -2.23. The van der Waals surface area contributed by atoms with Gasteiger partial charge in [-0.2, -0.15) is 0 Å². The van der Waals surface area contributed by atoms with E-state index in [4.69, 9.17) is 0 Å². The molecule has 0 bridgehead atoms. The van der Waals surface area contributed by atoms with Gasteiger partial charge in [0.25, 0.3) is 0 Å². The molecule has 0 saturated carbocycles. The summed E-state index contributed by atoms with van der Waals surface area (Å²) in [7, 11) is 0. The predicted octanol–water partition coefficient (Wildman–Crippen LogP) is 4.00. The van der Waals surface area contributed by atoms with Gasteiger partial charge >= 0.3 is 0 Å². The van der Waals surface area contributed by atoms with E-state index in [-0.39, 0.29) is 5.91 Å². The average molecular weight is 288 g/mol. The molecule has 1 atom stereocenters. The molecule has 1 unspecified atom stereocenters. The average Bonchev–Trinajstić information content (AvgIpc) is 2.65. The Kier molecular flexibility index (Phi) is 4.72. The maximum atomic E-state index is 12.1. The Morgan fingerprint density at radius 3 is 2.62 bits per heavy atom. The van der Waals surface area contributed by atoms with Crippen LogP contribution in [0.3, 0.4) is 0 Å². The summed E-state index contributed by atoms with van der Waals surface area (Å²) >= 11 is 0. The number of fused-ring (bicyclic) bond motifs is 1. The van der Waals surface area contributed by atoms with Crippen molar-refractivity contribution >= 4 is 11.6 Å². The van der Waals surface area contributed by atoms with Gasteiger partial charge in [-0.25, -0.2) is 0 Å². The maximum Gasteiger partial charge on any atom is 0.234 e. The molecule has 3 heteroatoms. The van der Waals surface area contributed by atoms with Crippen molar-refractivity contribution in [2.75, 3.05) is 11.9 Å². The summed E-state index contributed by atoms with van der Waals surface area (Å²) in [5, 5.41) is 6.62. The van der Waals surface area contributed by atoms with Crippen molar-refractivity contribution in [2.24, 2.45) is 5.92 Å². The van der Waals surface area contributed by atoms with Crippen molar-refractivity contribution in [3.8, 4) is 0 Å². The van der Waals surface area contributed by atoms with E-state index in [0.29, 0.717) is 12.0 Å². The molecule has 0 aromatic heterocycles. The SMILES string of the molecule is CCCNC(CC(C)C)c1ccc2c(c1)C(C)(C)C(=O)N2. The Morgan fingerprint density at radius 1 is 1.29 bits per heavy atom. The fourth-order valence-corrected chi connectivity index (χ4v) is 2.93. The maximum absolute atomic E-state index is 12.1. The molecule has 0 radical (unpaired) electrons. The van der Waals surface area contributed by atoms with E-state index < -0.39 is 5.41 Å². The molecule has 0 aliphatic carbocycles. The molecule has 1 heterocycles. The molecule has 0 spiro atoms. The molecule has 2 N–H and O–H groups in total. The van der Waals surface area contributed by atoms with E-state index in [1.807, 2.05) is 13.8 Å². The highest BCUT2D eigenvalue weighted by molar-refractivity contribution is 6.05. The van der Waals surface area contributed by atoms with Crippen molar-refractivity contribution in [3.05, 3.63) is 29.3 Å². The van der Waals surface area contributed by atoms with E-state index in [0.717, 1.165) is 30.6 Å². The Bertz CT molecular complexity index is 520. The van der Waals surface area contributed by atoms with Crippen LogP contribution >= 0.6 is 0 Å². The second-order valence-electron chi connectivity index (χ2n) is 7.02. The summed E-state index contributed by atoms with van der Waals surface area (Å²) in [6.07, 6.45) is 2.24. The van der Waals surface area contributed by atoms with Crippen LogP contribution in [0.15, 0.2) is 18.2 Å². The van der Waals surface area contributed by atoms with Crippen LogP contribution in [-0.2, 0) is 10.2 Å². The van der Waals surface area contributed by atoms with Gasteiger partial charge in [-0.05, 0) is 56.3 Å². The van der Waals surface area contributed by atoms with E-state index in [9.17, 15) is 4.79 Å². The van der Waals surface area contributed by atoms with Crippen molar-refractivity contribution in [2.45, 2.75) is 58.9 Å². The minimum atomic E-state index is -0.432. The van der Waals surface area contributed by atoms with E-state index in [2.05, 4.69) is 49.6 Å². The number of benzene rings is 1. The monoisotopic (exact) mass is 288 g/mol. The van der Waals surface area contributed by atoms with E-state index in [1.165, 1.54) is 5.56 Å². The highest BCUT2D eigenvalue weighted by atomic mass is 16.2. The van der Waals surface area contributed by atoms with Crippen molar-refractivity contribution < 1.29 is 4.79 Å². The lowest BCUT2D eigenvalue weighted by molar-refractivity contribution is -0.119. The highest BCUT2D eigenvalue weighted by Gasteiger charge is 2.38. The molecule has 1 aliphatic heterocycles.